The summed E-state index contributed by atoms with van der Waals surface area (Å²) in [5.74, 6) is 1.43. The van der Waals surface area contributed by atoms with Gasteiger partial charge >= 0.3 is 0 Å². The van der Waals surface area contributed by atoms with Gasteiger partial charge in [0.25, 0.3) is 0 Å². The predicted molar refractivity (Wildman–Crippen MR) is 76.7 cm³/mol. The maximum Gasteiger partial charge on any atom is 0.226 e. The van der Waals surface area contributed by atoms with Crippen LogP contribution in [0.2, 0.25) is 0 Å². The van der Waals surface area contributed by atoms with Gasteiger partial charge in [0.1, 0.15) is 5.82 Å². The van der Waals surface area contributed by atoms with E-state index < -0.39 is 0 Å². The molecule has 3 heterocycles. The van der Waals surface area contributed by atoms with Gasteiger partial charge in [0, 0.05) is 25.7 Å². The first kappa shape index (κ1) is 12.5. The van der Waals surface area contributed by atoms with Crippen molar-refractivity contribution in [2.75, 3.05) is 23.8 Å². The summed E-state index contributed by atoms with van der Waals surface area (Å²) in [7, 11) is 1.98. The highest BCUT2D eigenvalue weighted by Gasteiger charge is 2.13. The van der Waals surface area contributed by atoms with Crippen LogP contribution in [0.4, 0.5) is 11.8 Å². The zero-order valence-electron chi connectivity index (χ0n) is 11.4. The predicted octanol–water partition coefficient (Wildman–Crippen LogP) is 2.01. The average molecular weight is 272 g/mol. The molecule has 7 nitrogen and oxygen atoms in total. The van der Waals surface area contributed by atoms with Gasteiger partial charge in [-0.05, 0) is 13.0 Å². The lowest BCUT2D eigenvalue weighted by Gasteiger charge is -2.18. The molecule has 0 atom stereocenters. The number of anilines is 2. The second kappa shape index (κ2) is 5.20. The van der Waals surface area contributed by atoms with Crippen LogP contribution in [0, 0.1) is 0 Å². The summed E-state index contributed by atoms with van der Waals surface area (Å²) in [5, 5.41) is 11.0. The van der Waals surface area contributed by atoms with E-state index in [9.17, 15) is 0 Å². The molecule has 0 aliphatic heterocycles. The Morgan fingerprint density at radius 3 is 3.05 bits per heavy atom. The molecule has 0 unspecified atom stereocenters. The number of furan rings is 1. The minimum absolute atomic E-state index is 0.596. The summed E-state index contributed by atoms with van der Waals surface area (Å²) >= 11 is 0. The minimum Gasteiger partial charge on any atom is -0.472 e. The molecule has 3 aromatic rings. The first-order valence-corrected chi connectivity index (χ1v) is 6.45. The molecule has 0 aromatic carbocycles. The molecule has 20 heavy (non-hydrogen) atoms. The number of aromatic amines is 1. The van der Waals surface area contributed by atoms with E-state index in [0.29, 0.717) is 12.5 Å². The SMILES string of the molecule is CCNc1nc(N(C)Cc2ccoc2)c2cn[nH]c2n1. The van der Waals surface area contributed by atoms with E-state index in [1.807, 2.05) is 24.9 Å². The molecule has 0 aliphatic rings. The average Bonchev–Trinajstić information content (AvgIpc) is 3.08. The Hall–Kier alpha value is -2.57. The van der Waals surface area contributed by atoms with E-state index in [0.717, 1.165) is 29.0 Å². The number of rotatable bonds is 5. The highest BCUT2D eigenvalue weighted by atomic mass is 16.3. The number of hydrogen-bond donors (Lipinski definition) is 2. The Kier molecular flexibility index (Phi) is 3.24. The van der Waals surface area contributed by atoms with Crippen molar-refractivity contribution in [3.63, 3.8) is 0 Å². The van der Waals surface area contributed by atoms with Crippen LogP contribution in [0.25, 0.3) is 11.0 Å². The minimum atomic E-state index is 0.596. The van der Waals surface area contributed by atoms with Crippen LogP contribution in [-0.2, 0) is 6.54 Å². The van der Waals surface area contributed by atoms with Gasteiger partial charge in [0.05, 0.1) is 24.1 Å². The molecule has 0 amide bonds. The fourth-order valence-corrected chi connectivity index (χ4v) is 2.08. The van der Waals surface area contributed by atoms with Gasteiger partial charge in [-0.3, -0.25) is 5.10 Å². The molecule has 3 rings (SSSR count). The number of hydrogen-bond acceptors (Lipinski definition) is 6. The third-order valence-electron chi connectivity index (χ3n) is 2.99. The van der Waals surface area contributed by atoms with Crippen molar-refractivity contribution in [2.24, 2.45) is 0 Å². The maximum atomic E-state index is 5.10. The molecule has 104 valence electrons. The molecule has 0 saturated carbocycles. The molecule has 0 bridgehead atoms. The Balaban J connectivity index is 1.97. The fraction of sp³-hybridized carbons (Fsp3) is 0.308. The van der Waals surface area contributed by atoms with E-state index in [2.05, 4.69) is 25.5 Å². The molecule has 7 heteroatoms. The van der Waals surface area contributed by atoms with E-state index in [1.165, 1.54) is 0 Å². The molecule has 0 fully saturated rings. The molecule has 0 radical (unpaired) electrons. The van der Waals surface area contributed by atoms with E-state index in [4.69, 9.17) is 4.42 Å². The van der Waals surface area contributed by atoms with Gasteiger partial charge in [-0.25, -0.2) is 0 Å². The monoisotopic (exact) mass is 272 g/mol. The van der Waals surface area contributed by atoms with Crippen LogP contribution in [-0.4, -0.2) is 33.8 Å². The zero-order chi connectivity index (χ0) is 13.9. The number of aromatic nitrogens is 4. The van der Waals surface area contributed by atoms with Crippen LogP contribution in [0.3, 0.4) is 0 Å². The van der Waals surface area contributed by atoms with Crippen molar-refractivity contribution in [1.82, 2.24) is 20.2 Å². The van der Waals surface area contributed by atoms with Gasteiger partial charge in [-0.15, -0.1) is 0 Å². The standard InChI is InChI=1S/C13H16N6O/c1-3-14-13-16-11-10(6-15-18-11)12(17-13)19(2)7-9-4-5-20-8-9/h4-6,8H,3,7H2,1-2H3,(H2,14,15,16,17,18). The number of nitrogens with one attached hydrogen (secondary N) is 2. The van der Waals surface area contributed by atoms with Crippen molar-refractivity contribution in [2.45, 2.75) is 13.5 Å². The van der Waals surface area contributed by atoms with Crippen LogP contribution in [0.1, 0.15) is 12.5 Å². The van der Waals surface area contributed by atoms with Crippen molar-refractivity contribution in [3.05, 3.63) is 30.4 Å². The molecule has 0 saturated heterocycles. The largest absolute Gasteiger partial charge is 0.472 e. The summed E-state index contributed by atoms with van der Waals surface area (Å²) in [4.78, 5) is 11.0. The Labute approximate surface area is 116 Å². The maximum absolute atomic E-state index is 5.10. The highest BCUT2D eigenvalue weighted by molar-refractivity contribution is 5.87. The molecule has 3 aromatic heterocycles. The van der Waals surface area contributed by atoms with Gasteiger partial charge in [0.15, 0.2) is 5.65 Å². The molecule has 0 aliphatic carbocycles. The molecular formula is C13H16N6O. The number of H-pyrrole nitrogens is 1. The van der Waals surface area contributed by atoms with Gasteiger partial charge in [-0.1, -0.05) is 0 Å². The lowest BCUT2D eigenvalue weighted by molar-refractivity contribution is 0.563. The quantitative estimate of drug-likeness (QED) is 0.739. The third-order valence-corrected chi connectivity index (χ3v) is 2.99. The lowest BCUT2D eigenvalue weighted by atomic mass is 10.3. The zero-order valence-corrected chi connectivity index (χ0v) is 11.4. The van der Waals surface area contributed by atoms with Gasteiger partial charge in [-0.2, -0.15) is 15.1 Å². The van der Waals surface area contributed by atoms with Crippen LogP contribution in [0.5, 0.6) is 0 Å². The van der Waals surface area contributed by atoms with Crippen molar-refractivity contribution < 1.29 is 4.42 Å². The smallest absolute Gasteiger partial charge is 0.226 e. The first-order valence-electron chi connectivity index (χ1n) is 6.45. The lowest BCUT2D eigenvalue weighted by Crippen LogP contribution is -2.18. The molecular weight excluding hydrogens is 256 g/mol. The summed E-state index contributed by atoms with van der Waals surface area (Å²) in [6, 6.07) is 1.94. The van der Waals surface area contributed by atoms with Crippen molar-refractivity contribution >= 4 is 22.8 Å². The van der Waals surface area contributed by atoms with E-state index >= 15 is 0 Å². The summed E-state index contributed by atoms with van der Waals surface area (Å²) < 4.78 is 5.10. The Morgan fingerprint density at radius 1 is 1.40 bits per heavy atom. The van der Waals surface area contributed by atoms with Crippen molar-refractivity contribution in [1.29, 1.82) is 0 Å². The second-order valence-electron chi connectivity index (χ2n) is 4.52. The fourth-order valence-electron chi connectivity index (χ4n) is 2.08. The second-order valence-corrected chi connectivity index (χ2v) is 4.52. The van der Waals surface area contributed by atoms with Gasteiger partial charge in [0.2, 0.25) is 5.95 Å². The van der Waals surface area contributed by atoms with Crippen LogP contribution >= 0.6 is 0 Å². The topological polar surface area (TPSA) is 82.9 Å². The number of fused-ring (bicyclic) bond motifs is 1. The van der Waals surface area contributed by atoms with Crippen LogP contribution < -0.4 is 10.2 Å². The Bertz CT molecular complexity index is 690. The number of nitrogens with zero attached hydrogens (tertiary/aromatic N) is 4. The summed E-state index contributed by atoms with van der Waals surface area (Å²) in [6.45, 7) is 3.49. The molecule has 2 N–H and O–H groups in total. The highest BCUT2D eigenvalue weighted by Crippen LogP contribution is 2.24. The van der Waals surface area contributed by atoms with Gasteiger partial charge < -0.3 is 14.6 Å². The summed E-state index contributed by atoms with van der Waals surface area (Å²) in [5.41, 5.74) is 1.82. The Morgan fingerprint density at radius 2 is 2.30 bits per heavy atom. The summed E-state index contributed by atoms with van der Waals surface area (Å²) in [6.07, 6.45) is 5.14. The normalized spacial score (nSPS) is 10.9. The molecule has 0 spiro atoms. The van der Waals surface area contributed by atoms with Crippen LogP contribution in [0.15, 0.2) is 29.2 Å². The van der Waals surface area contributed by atoms with E-state index in [-0.39, 0.29) is 0 Å². The third kappa shape index (κ3) is 2.29. The first-order chi connectivity index (χ1) is 9.78. The van der Waals surface area contributed by atoms with E-state index in [1.54, 1.807) is 18.7 Å². The van der Waals surface area contributed by atoms with Crippen molar-refractivity contribution in [3.8, 4) is 0 Å².